The number of fused-ring (bicyclic) bond motifs is 3. The summed E-state index contributed by atoms with van der Waals surface area (Å²) in [4.78, 5) is 38.7. The Morgan fingerprint density at radius 3 is 2.71 bits per heavy atom. The topological polar surface area (TPSA) is 92.7 Å². The Morgan fingerprint density at radius 1 is 1.13 bits per heavy atom. The number of nitrogens with zero attached hydrogens (tertiary/aromatic N) is 5. The van der Waals surface area contributed by atoms with Gasteiger partial charge in [0.05, 0.1) is 43.9 Å². The zero-order valence-electron chi connectivity index (χ0n) is 20.1. The second kappa shape index (κ2) is 9.58. The second-order valence-electron chi connectivity index (χ2n) is 9.06. The number of thiazole rings is 1. The molecule has 0 saturated heterocycles. The lowest BCUT2D eigenvalue weighted by molar-refractivity contribution is -0.129. The maximum Gasteiger partial charge on any atom is 0.290 e. The lowest BCUT2D eigenvalue weighted by atomic mass is 9.95. The summed E-state index contributed by atoms with van der Waals surface area (Å²) in [6.07, 6.45) is 5.82. The fourth-order valence-corrected chi connectivity index (χ4v) is 6.39. The highest BCUT2D eigenvalue weighted by molar-refractivity contribution is 7.19. The molecule has 0 radical (unpaired) electrons. The standard InChI is InChI=1S/C27H21Cl2N5O3S/c1-15-25(38-27-31-19-5-2-3-6-20(19)34(15)27)23(35)21-22(16-7-8-17(28)18(29)13-16)33(26(37)24(21)36)11-4-10-32-12-9-30-14-32/h2-3,5-9,12-14,22,36H,4,10-11H2,1H3. The van der Waals surface area contributed by atoms with E-state index in [9.17, 15) is 14.7 Å². The number of aliphatic hydroxyl groups excluding tert-OH is 1. The Kier molecular flexibility index (Phi) is 6.22. The summed E-state index contributed by atoms with van der Waals surface area (Å²) in [5, 5.41) is 11.7. The zero-order valence-corrected chi connectivity index (χ0v) is 22.5. The van der Waals surface area contributed by atoms with Crippen LogP contribution >= 0.6 is 34.5 Å². The molecule has 0 bridgehead atoms. The van der Waals surface area contributed by atoms with E-state index in [-0.39, 0.29) is 5.57 Å². The number of aryl methyl sites for hydroxylation is 2. The number of ketones is 1. The first-order valence-corrected chi connectivity index (χ1v) is 13.5. The van der Waals surface area contributed by atoms with Gasteiger partial charge < -0.3 is 14.6 Å². The van der Waals surface area contributed by atoms with Gasteiger partial charge in [-0.1, -0.05) is 52.7 Å². The number of aromatic nitrogens is 4. The molecule has 1 aliphatic heterocycles. The number of benzene rings is 2. The van der Waals surface area contributed by atoms with Crippen LogP contribution < -0.4 is 0 Å². The van der Waals surface area contributed by atoms with Crippen LogP contribution in [-0.4, -0.2) is 47.2 Å². The number of carbonyl (C=O) groups is 2. The summed E-state index contributed by atoms with van der Waals surface area (Å²) >= 11 is 13.7. The molecule has 2 aromatic carbocycles. The van der Waals surface area contributed by atoms with E-state index in [0.717, 1.165) is 11.0 Å². The van der Waals surface area contributed by atoms with Crippen molar-refractivity contribution in [1.82, 2.24) is 23.8 Å². The van der Waals surface area contributed by atoms with Crippen LogP contribution in [0.4, 0.5) is 0 Å². The molecule has 11 heteroatoms. The molecule has 1 N–H and O–H groups in total. The maximum absolute atomic E-state index is 14.1. The van der Waals surface area contributed by atoms with Crippen molar-refractivity contribution < 1.29 is 14.7 Å². The summed E-state index contributed by atoms with van der Waals surface area (Å²) in [5.74, 6) is -1.57. The van der Waals surface area contributed by atoms with Gasteiger partial charge in [-0.15, -0.1) is 0 Å². The van der Waals surface area contributed by atoms with Gasteiger partial charge in [-0.25, -0.2) is 9.97 Å². The van der Waals surface area contributed by atoms with E-state index in [2.05, 4.69) is 9.97 Å². The smallest absolute Gasteiger partial charge is 0.290 e. The minimum atomic E-state index is -0.821. The van der Waals surface area contributed by atoms with Crippen LogP contribution in [0.15, 0.2) is 72.5 Å². The Balaban J connectivity index is 1.41. The first-order valence-electron chi connectivity index (χ1n) is 11.9. The first-order chi connectivity index (χ1) is 18.3. The summed E-state index contributed by atoms with van der Waals surface area (Å²) in [7, 11) is 0. The van der Waals surface area contributed by atoms with E-state index in [1.54, 1.807) is 30.7 Å². The number of imidazole rings is 2. The van der Waals surface area contributed by atoms with Crippen molar-refractivity contribution in [2.75, 3.05) is 6.54 Å². The van der Waals surface area contributed by atoms with E-state index >= 15 is 0 Å². The van der Waals surface area contributed by atoms with Crippen LogP contribution in [0.2, 0.25) is 10.0 Å². The summed E-state index contributed by atoms with van der Waals surface area (Å²) in [6, 6.07) is 11.9. The van der Waals surface area contributed by atoms with Crippen molar-refractivity contribution in [2.45, 2.75) is 25.9 Å². The number of aliphatic hydroxyl groups is 1. The van der Waals surface area contributed by atoms with Crippen LogP contribution in [0.1, 0.15) is 33.4 Å². The predicted octanol–water partition coefficient (Wildman–Crippen LogP) is 6.03. The minimum Gasteiger partial charge on any atom is -0.503 e. The van der Waals surface area contributed by atoms with Crippen LogP contribution in [0, 0.1) is 6.92 Å². The number of amides is 1. The summed E-state index contributed by atoms with van der Waals surface area (Å²) in [6.45, 7) is 2.77. The van der Waals surface area contributed by atoms with Gasteiger partial charge in [0.1, 0.15) is 0 Å². The maximum atomic E-state index is 14.1. The van der Waals surface area contributed by atoms with Gasteiger partial charge in [0.15, 0.2) is 10.7 Å². The van der Waals surface area contributed by atoms with Gasteiger partial charge in [-0.2, -0.15) is 0 Å². The summed E-state index contributed by atoms with van der Waals surface area (Å²) < 4.78 is 3.84. The van der Waals surface area contributed by atoms with Gasteiger partial charge >= 0.3 is 0 Å². The second-order valence-corrected chi connectivity index (χ2v) is 10.8. The van der Waals surface area contributed by atoms with E-state index in [0.29, 0.717) is 50.7 Å². The molecule has 0 spiro atoms. The minimum absolute atomic E-state index is 0.0212. The lowest BCUT2D eigenvalue weighted by Gasteiger charge is -2.27. The van der Waals surface area contributed by atoms with E-state index in [4.69, 9.17) is 23.2 Å². The van der Waals surface area contributed by atoms with Gasteiger partial charge in [0.25, 0.3) is 5.91 Å². The third-order valence-electron chi connectivity index (χ3n) is 6.78. The molecule has 4 heterocycles. The third kappa shape index (κ3) is 3.98. The van der Waals surface area contributed by atoms with Gasteiger partial charge in [0, 0.05) is 31.2 Å². The molecule has 1 amide bonds. The molecule has 5 aromatic rings. The molecule has 3 aromatic heterocycles. The van der Waals surface area contributed by atoms with Gasteiger partial charge in [-0.3, -0.25) is 14.0 Å². The molecule has 1 atom stereocenters. The SMILES string of the molecule is Cc1c(C(=O)C2=C(O)C(=O)N(CCCn3ccnc3)C2c2ccc(Cl)c(Cl)c2)sc2nc3ccccc3n12. The highest BCUT2D eigenvalue weighted by Crippen LogP contribution is 2.42. The zero-order chi connectivity index (χ0) is 26.6. The highest BCUT2D eigenvalue weighted by atomic mass is 35.5. The van der Waals surface area contributed by atoms with Gasteiger partial charge in [0.2, 0.25) is 5.78 Å². The van der Waals surface area contributed by atoms with Crippen LogP contribution in [0.3, 0.4) is 0 Å². The molecule has 1 aliphatic rings. The molecular formula is C27H21Cl2N5O3S. The molecule has 8 nitrogen and oxygen atoms in total. The third-order valence-corrected chi connectivity index (χ3v) is 8.66. The first kappa shape index (κ1) is 24.7. The number of hydrogen-bond donors (Lipinski definition) is 1. The van der Waals surface area contributed by atoms with Crippen molar-refractivity contribution >= 4 is 62.2 Å². The number of para-hydroxylation sites is 2. The Labute approximate surface area is 231 Å². The number of rotatable bonds is 7. The predicted molar refractivity (Wildman–Crippen MR) is 147 cm³/mol. The highest BCUT2D eigenvalue weighted by Gasteiger charge is 2.44. The average molecular weight is 566 g/mol. The fraction of sp³-hybridized carbons (Fsp3) is 0.185. The quantitative estimate of drug-likeness (QED) is 0.243. The number of hydrogen-bond acceptors (Lipinski definition) is 6. The average Bonchev–Trinajstić information content (AvgIpc) is 3.67. The molecule has 192 valence electrons. The molecule has 38 heavy (non-hydrogen) atoms. The van der Waals surface area contributed by atoms with Gasteiger partial charge in [-0.05, 0) is 43.2 Å². The molecule has 0 saturated carbocycles. The van der Waals surface area contributed by atoms with Crippen LogP contribution in [0.25, 0.3) is 16.0 Å². The van der Waals surface area contributed by atoms with Crippen molar-refractivity contribution in [3.63, 3.8) is 0 Å². The number of Topliss-reactive ketones (excluding diaryl/α,β-unsaturated/α-hetero) is 1. The van der Waals surface area contributed by atoms with E-state index in [1.165, 1.54) is 16.2 Å². The molecule has 0 fully saturated rings. The largest absolute Gasteiger partial charge is 0.503 e. The van der Waals surface area contributed by atoms with E-state index < -0.39 is 23.5 Å². The van der Waals surface area contributed by atoms with Crippen molar-refractivity contribution in [1.29, 1.82) is 0 Å². The van der Waals surface area contributed by atoms with Crippen LogP contribution in [0.5, 0.6) is 0 Å². The van der Waals surface area contributed by atoms with Crippen LogP contribution in [-0.2, 0) is 11.3 Å². The Bertz CT molecular complexity index is 1760. The monoisotopic (exact) mass is 565 g/mol. The van der Waals surface area contributed by atoms with Crippen molar-refractivity contribution in [3.8, 4) is 0 Å². The molecular weight excluding hydrogens is 545 g/mol. The lowest BCUT2D eigenvalue weighted by Crippen LogP contribution is -2.32. The normalized spacial score (nSPS) is 15.9. The Morgan fingerprint density at radius 2 is 1.95 bits per heavy atom. The molecule has 0 aliphatic carbocycles. The summed E-state index contributed by atoms with van der Waals surface area (Å²) in [5.41, 5.74) is 3.03. The number of halogens is 2. The number of carbonyl (C=O) groups excluding carboxylic acids is 2. The van der Waals surface area contributed by atoms with Crippen molar-refractivity contribution in [3.05, 3.63) is 98.7 Å². The molecule has 6 rings (SSSR count). The van der Waals surface area contributed by atoms with E-state index in [1.807, 2.05) is 46.4 Å². The van der Waals surface area contributed by atoms with Crippen molar-refractivity contribution in [2.24, 2.45) is 0 Å². The Hall–Kier alpha value is -3.66. The fourth-order valence-electron chi connectivity index (χ4n) is 4.98. The molecule has 1 unspecified atom stereocenters.